The van der Waals surface area contributed by atoms with Gasteiger partial charge in [0.2, 0.25) is 0 Å². The molecular weight excluding hydrogens is 317 g/mol. The molecule has 0 saturated heterocycles. The molecule has 0 amide bonds. The number of hydrogen-bond acceptors (Lipinski definition) is 3. The Morgan fingerprint density at radius 2 is 2.05 bits per heavy atom. The average molecular weight is 337 g/mol. The van der Waals surface area contributed by atoms with E-state index in [2.05, 4.69) is 17.2 Å². The molecular formula is C14H20Cl3N3. The first-order valence-electron chi connectivity index (χ1n) is 6.21. The third-order valence-corrected chi connectivity index (χ3v) is 3.18. The van der Waals surface area contributed by atoms with E-state index in [1.165, 1.54) is 0 Å². The fraction of sp³-hybridized carbons (Fsp3) is 0.357. The van der Waals surface area contributed by atoms with Crippen LogP contribution in [0.1, 0.15) is 19.8 Å². The van der Waals surface area contributed by atoms with Gasteiger partial charge in [-0.2, -0.15) is 0 Å². The summed E-state index contributed by atoms with van der Waals surface area (Å²) in [6, 6.07) is 8.17. The van der Waals surface area contributed by atoms with Gasteiger partial charge >= 0.3 is 0 Å². The van der Waals surface area contributed by atoms with Crippen LogP contribution in [0.5, 0.6) is 0 Å². The minimum absolute atomic E-state index is 0. The molecule has 0 bridgehead atoms. The van der Waals surface area contributed by atoms with Gasteiger partial charge < -0.3 is 11.1 Å². The first-order valence-corrected chi connectivity index (χ1v) is 6.59. The van der Waals surface area contributed by atoms with Crippen LogP contribution in [0, 0.1) is 0 Å². The number of aromatic nitrogens is 1. The van der Waals surface area contributed by atoms with E-state index in [1.54, 1.807) is 6.20 Å². The van der Waals surface area contributed by atoms with Crippen molar-refractivity contribution < 1.29 is 0 Å². The van der Waals surface area contributed by atoms with Crippen molar-refractivity contribution in [3.8, 4) is 0 Å². The number of benzene rings is 1. The predicted octanol–water partition coefficient (Wildman–Crippen LogP) is 4.27. The van der Waals surface area contributed by atoms with E-state index in [9.17, 15) is 0 Å². The molecule has 1 atom stereocenters. The number of rotatable bonds is 5. The van der Waals surface area contributed by atoms with Crippen LogP contribution in [0.4, 0.5) is 5.69 Å². The summed E-state index contributed by atoms with van der Waals surface area (Å²) in [7, 11) is 0. The average Bonchev–Trinajstić information content (AvgIpc) is 2.36. The molecule has 0 radical (unpaired) electrons. The van der Waals surface area contributed by atoms with Crippen LogP contribution in [-0.2, 0) is 0 Å². The molecule has 3 nitrogen and oxygen atoms in total. The molecule has 0 aliphatic heterocycles. The normalized spacial score (nSPS) is 11.3. The van der Waals surface area contributed by atoms with E-state index in [0.29, 0.717) is 11.1 Å². The lowest BCUT2D eigenvalue weighted by Gasteiger charge is -2.16. The summed E-state index contributed by atoms with van der Waals surface area (Å²) in [5.41, 5.74) is 7.54. The largest absolute Gasteiger partial charge is 0.382 e. The zero-order chi connectivity index (χ0) is 13.0. The number of anilines is 1. The SMILES string of the molecule is CC(CCCN)Nc1ccnc2cc(Cl)ccc12.Cl.Cl. The van der Waals surface area contributed by atoms with Gasteiger partial charge in [-0.05, 0) is 50.6 Å². The van der Waals surface area contributed by atoms with Crippen LogP contribution in [-0.4, -0.2) is 17.6 Å². The number of hydrogen-bond donors (Lipinski definition) is 2. The molecule has 1 aromatic heterocycles. The highest BCUT2D eigenvalue weighted by Gasteiger charge is 2.06. The van der Waals surface area contributed by atoms with E-state index < -0.39 is 0 Å². The third kappa shape index (κ3) is 4.98. The molecule has 0 fully saturated rings. The van der Waals surface area contributed by atoms with Gasteiger partial charge in [-0.3, -0.25) is 4.98 Å². The van der Waals surface area contributed by atoms with Gasteiger partial charge in [-0.15, -0.1) is 24.8 Å². The van der Waals surface area contributed by atoms with Crippen molar-refractivity contribution >= 4 is 53.0 Å². The molecule has 1 heterocycles. The molecule has 0 saturated carbocycles. The number of nitrogens with one attached hydrogen (secondary N) is 1. The minimum atomic E-state index is 0. The summed E-state index contributed by atoms with van der Waals surface area (Å²) < 4.78 is 0. The van der Waals surface area contributed by atoms with E-state index in [0.717, 1.165) is 36.0 Å². The number of pyridine rings is 1. The number of nitrogens with two attached hydrogens (primary N) is 1. The minimum Gasteiger partial charge on any atom is -0.382 e. The van der Waals surface area contributed by atoms with Crippen LogP contribution < -0.4 is 11.1 Å². The van der Waals surface area contributed by atoms with E-state index in [4.69, 9.17) is 17.3 Å². The quantitative estimate of drug-likeness (QED) is 0.857. The lowest BCUT2D eigenvalue weighted by atomic mass is 10.1. The molecule has 1 aromatic carbocycles. The van der Waals surface area contributed by atoms with Crippen molar-refractivity contribution in [2.45, 2.75) is 25.8 Å². The van der Waals surface area contributed by atoms with Gasteiger partial charge in [0, 0.05) is 28.3 Å². The number of nitrogens with zero attached hydrogens (tertiary/aromatic N) is 1. The van der Waals surface area contributed by atoms with E-state index in [-0.39, 0.29) is 24.8 Å². The smallest absolute Gasteiger partial charge is 0.0737 e. The molecule has 6 heteroatoms. The Labute approximate surface area is 137 Å². The molecule has 0 spiro atoms. The maximum atomic E-state index is 5.97. The Hall–Kier alpha value is -0.740. The second-order valence-corrected chi connectivity index (χ2v) is 4.93. The number of halogens is 3. The zero-order valence-corrected chi connectivity index (χ0v) is 13.7. The first kappa shape index (κ1) is 19.3. The maximum Gasteiger partial charge on any atom is 0.0737 e. The van der Waals surface area contributed by atoms with Gasteiger partial charge in [0.15, 0.2) is 0 Å². The topological polar surface area (TPSA) is 50.9 Å². The van der Waals surface area contributed by atoms with Gasteiger partial charge in [-0.1, -0.05) is 11.6 Å². The molecule has 2 aromatic rings. The summed E-state index contributed by atoms with van der Waals surface area (Å²) in [5, 5.41) is 5.31. The monoisotopic (exact) mass is 335 g/mol. The molecule has 0 aliphatic carbocycles. The lowest BCUT2D eigenvalue weighted by molar-refractivity contribution is 0.663. The first-order chi connectivity index (χ1) is 8.70. The molecule has 3 N–H and O–H groups in total. The summed E-state index contributed by atoms with van der Waals surface area (Å²) in [4.78, 5) is 4.33. The Kier molecular flexibility index (Phi) is 8.90. The Balaban J connectivity index is 0.00000180. The van der Waals surface area contributed by atoms with Crippen molar-refractivity contribution in [3.63, 3.8) is 0 Å². The van der Waals surface area contributed by atoms with Crippen LogP contribution in [0.2, 0.25) is 5.02 Å². The summed E-state index contributed by atoms with van der Waals surface area (Å²) >= 11 is 5.97. The second kappa shape index (κ2) is 9.24. The molecule has 20 heavy (non-hydrogen) atoms. The Morgan fingerprint density at radius 3 is 2.75 bits per heavy atom. The summed E-state index contributed by atoms with van der Waals surface area (Å²) in [5.74, 6) is 0. The van der Waals surface area contributed by atoms with E-state index in [1.807, 2.05) is 24.3 Å². The van der Waals surface area contributed by atoms with Crippen molar-refractivity contribution in [3.05, 3.63) is 35.5 Å². The lowest BCUT2D eigenvalue weighted by Crippen LogP contribution is -2.16. The van der Waals surface area contributed by atoms with E-state index >= 15 is 0 Å². The highest BCUT2D eigenvalue weighted by molar-refractivity contribution is 6.31. The van der Waals surface area contributed by atoms with Crippen molar-refractivity contribution in [2.75, 3.05) is 11.9 Å². The van der Waals surface area contributed by atoms with Crippen LogP contribution >= 0.6 is 36.4 Å². The van der Waals surface area contributed by atoms with Crippen molar-refractivity contribution in [1.82, 2.24) is 4.98 Å². The number of fused-ring (bicyclic) bond motifs is 1. The molecule has 0 aliphatic rings. The summed E-state index contributed by atoms with van der Waals surface area (Å²) in [6.07, 6.45) is 3.90. The Bertz CT molecular complexity index is 534. The van der Waals surface area contributed by atoms with Gasteiger partial charge in [0.05, 0.1) is 5.52 Å². The van der Waals surface area contributed by atoms with Gasteiger partial charge in [-0.25, -0.2) is 0 Å². The van der Waals surface area contributed by atoms with Gasteiger partial charge in [0.1, 0.15) is 0 Å². The maximum absolute atomic E-state index is 5.97. The van der Waals surface area contributed by atoms with Crippen LogP contribution in [0.15, 0.2) is 30.5 Å². The van der Waals surface area contributed by atoms with Crippen molar-refractivity contribution in [2.24, 2.45) is 5.73 Å². The highest BCUT2D eigenvalue weighted by atomic mass is 35.5. The highest BCUT2D eigenvalue weighted by Crippen LogP contribution is 2.25. The predicted molar refractivity (Wildman–Crippen MR) is 92.6 cm³/mol. The standard InChI is InChI=1S/C14H18ClN3.2ClH/c1-10(3-2-7-16)18-13-6-8-17-14-9-11(15)4-5-12(13)14;;/h4-6,8-10H,2-3,7,16H2,1H3,(H,17,18);2*1H. The second-order valence-electron chi connectivity index (χ2n) is 4.50. The van der Waals surface area contributed by atoms with Crippen LogP contribution in [0.3, 0.4) is 0 Å². The molecule has 112 valence electrons. The molecule has 2 rings (SSSR count). The fourth-order valence-corrected chi connectivity index (χ4v) is 2.18. The summed E-state index contributed by atoms with van der Waals surface area (Å²) in [6.45, 7) is 2.90. The third-order valence-electron chi connectivity index (χ3n) is 2.95. The molecule has 1 unspecified atom stereocenters. The Morgan fingerprint density at radius 1 is 1.30 bits per heavy atom. The van der Waals surface area contributed by atoms with Crippen molar-refractivity contribution in [1.29, 1.82) is 0 Å². The van der Waals surface area contributed by atoms with Gasteiger partial charge in [0.25, 0.3) is 0 Å². The fourth-order valence-electron chi connectivity index (χ4n) is 2.01. The van der Waals surface area contributed by atoms with Crippen LogP contribution in [0.25, 0.3) is 10.9 Å². The zero-order valence-electron chi connectivity index (χ0n) is 11.3.